The molecule has 0 heterocycles. The molecule has 0 saturated carbocycles. The van der Waals surface area contributed by atoms with Crippen molar-refractivity contribution in [2.24, 2.45) is 0 Å². The Bertz CT molecular complexity index is 104. The molecule has 0 aliphatic heterocycles. The van der Waals surface area contributed by atoms with Crippen molar-refractivity contribution in [2.75, 3.05) is 24.8 Å². The molecular weight excluding hydrogens is 177 g/mol. The van der Waals surface area contributed by atoms with Gasteiger partial charge < -0.3 is 10.0 Å². The standard InChI is InChI=1S/C5H9Cl2NO2/c6-1-3-8(4-2-7)5(9)10/h1-4H2,(H,9,10). The van der Waals surface area contributed by atoms with Crippen molar-refractivity contribution in [1.82, 2.24) is 4.90 Å². The Labute approximate surface area is 69.5 Å². The van der Waals surface area contributed by atoms with Crippen LogP contribution >= 0.6 is 23.2 Å². The van der Waals surface area contributed by atoms with Gasteiger partial charge in [-0.3, -0.25) is 0 Å². The summed E-state index contributed by atoms with van der Waals surface area (Å²) in [4.78, 5) is 11.5. The number of halogens is 2. The molecule has 60 valence electrons. The van der Waals surface area contributed by atoms with E-state index < -0.39 is 6.09 Å². The van der Waals surface area contributed by atoms with Crippen molar-refractivity contribution in [3.05, 3.63) is 0 Å². The quantitative estimate of drug-likeness (QED) is 0.675. The molecule has 0 aromatic carbocycles. The molecule has 0 saturated heterocycles. The van der Waals surface area contributed by atoms with Crippen molar-refractivity contribution in [3.8, 4) is 0 Å². The Morgan fingerprint density at radius 3 is 1.90 bits per heavy atom. The lowest BCUT2D eigenvalue weighted by molar-refractivity contribution is 0.151. The first-order valence-electron chi connectivity index (χ1n) is 2.82. The number of nitrogens with zero attached hydrogens (tertiary/aromatic N) is 1. The summed E-state index contributed by atoms with van der Waals surface area (Å²) in [5, 5.41) is 8.44. The van der Waals surface area contributed by atoms with Crippen LogP contribution in [0.2, 0.25) is 0 Å². The van der Waals surface area contributed by atoms with Crippen molar-refractivity contribution >= 4 is 29.3 Å². The summed E-state index contributed by atoms with van der Waals surface area (Å²) >= 11 is 10.7. The van der Waals surface area contributed by atoms with E-state index in [1.165, 1.54) is 4.90 Å². The summed E-state index contributed by atoms with van der Waals surface area (Å²) < 4.78 is 0. The molecule has 0 aromatic rings. The second-order valence-electron chi connectivity index (χ2n) is 1.65. The number of hydrogen-bond acceptors (Lipinski definition) is 1. The molecule has 0 aliphatic rings. The van der Waals surface area contributed by atoms with Gasteiger partial charge in [0.05, 0.1) is 0 Å². The Morgan fingerprint density at radius 2 is 1.70 bits per heavy atom. The fourth-order valence-electron chi connectivity index (χ4n) is 0.507. The molecule has 0 atom stereocenters. The highest BCUT2D eigenvalue weighted by atomic mass is 35.5. The monoisotopic (exact) mass is 185 g/mol. The van der Waals surface area contributed by atoms with Gasteiger partial charge in [-0.05, 0) is 0 Å². The minimum Gasteiger partial charge on any atom is -0.465 e. The van der Waals surface area contributed by atoms with Crippen LogP contribution in [0.3, 0.4) is 0 Å². The molecule has 0 spiro atoms. The Hall–Kier alpha value is -0.150. The summed E-state index contributed by atoms with van der Waals surface area (Å²) in [5.74, 6) is 0.617. The molecule has 0 aromatic heterocycles. The molecule has 0 aliphatic carbocycles. The number of alkyl halides is 2. The first kappa shape index (κ1) is 9.85. The fraction of sp³-hybridized carbons (Fsp3) is 0.800. The molecule has 0 radical (unpaired) electrons. The van der Waals surface area contributed by atoms with Crippen LogP contribution in [0, 0.1) is 0 Å². The van der Waals surface area contributed by atoms with Crippen LogP contribution in [0.5, 0.6) is 0 Å². The SMILES string of the molecule is O=C(O)N(CCCl)CCCl. The maximum atomic E-state index is 10.3. The zero-order valence-electron chi connectivity index (χ0n) is 5.39. The third-order valence-corrected chi connectivity index (χ3v) is 1.32. The predicted octanol–water partition coefficient (Wildman–Crippen LogP) is 1.44. The van der Waals surface area contributed by atoms with Crippen LogP contribution in [0.4, 0.5) is 4.79 Å². The maximum Gasteiger partial charge on any atom is 0.407 e. The lowest BCUT2D eigenvalue weighted by atomic mass is 10.5. The number of amides is 1. The maximum absolute atomic E-state index is 10.3. The Morgan fingerprint density at radius 1 is 1.30 bits per heavy atom. The summed E-state index contributed by atoms with van der Waals surface area (Å²) in [6.07, 6.45) is -0.971. The molecule has 3 nitrogen and oxygen atoms in total. The van der Waals surface area contributed by atoms with Crippen LogP contribution in [0.25, 0.3) is 0 Å². The van der Waals surface area contributed by atoms with Gasteiger partial charge in [0.15, 0.2) is 0 Å². The highest BCUT2D eigenvalue weighted by molar-refractivity contribution is 6.18. The van der Waals surface area contributed by atoms with Crippen LogP contribution in [0.15, 0.2) is 0 Å². The van der Waals surface area contributed by atoms with Crippen LogP contribution < -0.4 is 0 Å². The molecule has 5 heteroatoms. The van der Waals surface area contributed by atoms with E-state index in [9.17, 15) is 4.79 Å². The van der Waals surface area contributed by atoms with Crippen LogP contribution in [-0.2, 0) is 0 Å². The van der Waals surface area contributed by atoms with Gasteiger partial charge in [-0.25, -0.2) is 4.79 Å². The van der Waals surface area contributed by atoms with Crippen molar-refractivity contribution in [3.63, 3.8) is 0 Å². The van der Waals surface area contributed by atoms with E-state index in [0.29, 0.717) is 24.8 Å². The second kappa shape index (κ2) is 5.62. The highest BCUT2D eigenvalue weighted by Crippen LogP contribution is 1.91. The van der Waals surface area contributed by atoms with E-state index in [0.717, 1.165) is 0 Å². The van der Waals surface area contributed by atoms with Gasteiger partial charge in [-0.2, -0.15) is 0 Å². The van der Waals surface area contributed by atoms with E-state index in [4.69, 9.17) is 28.3 Å². The number of carbonyl (C=O) groups is 1. The second-order valence-corrected chi connectivity index (χ2v) is 2.40. The first-order valence-corrected chi connectivity index (χ1v) is 3.89. The van der Waals surface area contributed by atoms with Gasteiger partial charge in [-0.1, -0.05) is 0 Å². The van der Waals surface area contributed by atoms with E-state index in [2.05, 4.69) is 0 Å². The summed E-state index contributed by atoms with van der Waals surface area (Å²) in [5.41, 5.74) is 0. The molecule has 0 unspecified atom stereocenters. The zero-order valence-corrected chi connectivity index (χ0v) is 6.90. The minimum atomic E-state index is -0.971. The van der Waals surface area contributed by atoms with Gasteiger partial charge >= 0.3 is 6.09 Å². The smallest absolute Gasteiger partial charge is 0.407 e. The molecule has 0 rings (SSSR count). The molecule has 10 heavy (non-hydrogen) atoms. The van der Waals surface area contributed by atoms with Gasteiger partial charge in [0.2, 0.25) is 0 Å². The predicted molar refractivity (Wildman–Crippen MR) is 41.0 cm³/mol. The van der Waals surface area contributed by atoms with Crippen molar-refractivity contribution in [1.29, 1.82) is 0 Å². The Kier molecular flexibility index (Phi) is 5.54. The topological polar surface area (TPSA) is 40.5 Å². The van der Waals surface area contributed by atoms with Crippen molar-refractivity contribution in [2.45, 2.75) is 0 Å². The summed E-state index contributed by atoms with van der Waals surface area (Å²) in [6.45, 7) is 0.674. The molecule has 1 N–H and O–H groups in total. The summed E-state index contributed by atoms with van der Waals surface area (Å²) in [7, 11) is 0. The number of rotatable bonds is 4. The third-order valence-electron chi connectivity index (χ3n) is 0.979. The van der Waals surface area contributed by atoms with E-state index in [-0.39, 0.29) is 0 Å². The lowest BCUT2D eigenvalue weighted by Gasteiger charge is -2.15. The largest absolute Gasteiger partial charge is 0.465 e. The summed E-state index contributed by atoms with van der Waals surface area (Å²) in [6, 6.07) is 0. The third kappa shape index (κ3) is 3.80. The zero-order chi connectivity index (χ0) is 7.98. The molecular formula is C5H9Cl2NO2. The minimum absolute atomic E-state index is 0.309. The first-order chi connectivity index (χ1) is 4.72. The van der Waals surface area contributed by atoms with Gasteiger partial charge in [0.1, 0.15) is 0 Å². The van der Waals surface area contributed by atoms with Gasteiger partial charge in [0.25, 0.3) is 0 Å². The van der Waals surface area contributed by atoms with E-state index in [1.54, 1.807) is 0 Å². The lowest BCUT2D eigenvalue weighted by Crippen LogP contribution is -2.32. The van der Waals surface area contributed by atoms with Crippen LogP contribution in [-0.4, -0.2) is 40.9 Å². The highest BCUT2D eigenvalue weighted by Gasteiger charge is 2.08. The Balaban J connectivity index is 3.61. The number of carboxylic acid groups (broad SMARTS) is 1. The van der Waals surface area contributed by atoms with Crippen LogP contribution in [0.1, 0.15) is 0 Å². The van der Waals surface area contributed by atoms with E-state index in [1.807, 2.05) is 0 Å². The average Bonchev–Trinajstić information content (AvgIpc) is 1.87. The number of hydrogen-bond donors (Lipinski definition) is 1. The van der Waals surface area contributed by atoms with Gasteiger partial charge in [-0.15, -0.1) is 23.2 Å². The van der Waals surface area contributed by atoms with E-state index >= 15 is 0 Å². The normalized spacial score (nSPS) is 9.40. The average molecular weight is 186 g/mol. The van der Waals surface area contributed by atoms with Gasteiger partial charge in [0, 0.05) is 24.8 Å². The molecule has 0 fully saturated rings. The molecule has 1 amide bonds. The van der Waals surface area contributed by atoms with Crippen molar-refractivity contribution < 1.29 is 9.90 Å². The molecule has 0 bridgehead atoms. The fourth-order valence-corrected chi connectivity index (χ4v) is 0.915.